The number of nitrogens with two attached hydrogens (primary N) is 1. The molecule has 1 atom stereocenters. The van der Waals surface area contributed by atoms with Gasteiger partial charge in [0.15, 0.2) is 11.5 Å². The van der Waals surface area contributed by atoms with Crippen molar-refractivity contribution >= 4 is 0 Å². The molecule has 0 saturated carbocycles. The Bertz CT molecular complexity index is 850. The maximum atomic E-state index is 9.81. The zero-order chi connectivity index (χ0) is 17.3. The van der Waals surface area contributed by atoms with Crippen LogP contribution in [0.1, 0.15) is 22.7 Å². The predicted octanol–water partition coefficient (Wildman–Crippen LogP) is 1.49. The number of fused-ring (bicyclic) bond motifs is 1. The van der Waals surface area contributed by atoms with E-state index in [1.54, 1.807) is 19.2 Å². The Labute approximate surface area is 138 Å². The SMILES string of the molecule is COCc1[nH]nc2c1C(c1ccc(O)c(OC)c1)C(C#N)=C(N)O2. The number of aromatic hydroxyl groups is 1. The lowest BCUT2D eigenvalue weighted by Gasteiger charge is -2.24. The minimum absolute atomic E-state index is 0.00231. The second-order valence-corrected chi connectivity index (χ2v) is 5.21. The van der Waals surface area contributed by atoms with Gasteiger partial charge in [0.1, 0.15) is 11.6 Å². The van der Waals surface area contributed by atoms with Crippen molar-refractivity contribution in [1.29, 1.82) is 5.26 Å². The average Bonchev–Trinajstić information content (AvgIpc) is 2.97. The summed E-state index contributed by atoms with van der Waals surface area (Å²) in [5.41, 5.74) is 8.22. The normalized spacial score (nSPS) is 16.3. The molecule has 24 heavy (non-hydrogen) atoms. The minimum atomic E-state index is -0.503. The van der Waals surface area contributed by atoms with Gasteiger partial charge in [0.25, 0.3) is 0 Å². The third-order valence-electron chi connectivity index (χ3n) is 3.84. The van der Waals surface area contributed by atoms with Crippen LogP contribution in [0, 0.1) is 11.3 Å². The molecule has 1 aromatic heterocycles. The molecule has 1 unspecified atom stereocenters. The first kappa shape index (κ1) is 15.7. The number of phenolic OH excluding ortho intramolecular Hbond substituents is 1. The van der Waals surface area contributed by atoms with Gasteiger partial charge >= 0.3 is 0 Å². The Morgan fingerprint density at radius 1 is 1.46 bits per heavy atom. The maximum absolute atomic E-state index is 9.81. The van der Waals surface area contributed by atoms with Gasteiger partial charge in [-0.25, -0.2) is 0 Å². The van der Waals surface area contributed by atoms with Gasteiger partial charge in [0.2, 0.25) is 11.8 Å². The Balaban J connectivity index is 2.21. The molecule has 8 nitrogen and oxygen atoms in total. The van der Waals surface area contributed by atoms with Crippen molar-refractivity contribution in [3.05, 3.63) is 46.5 Å². The highest BCUT2D eigenvalue weighted by Gasteiger charge is 2.35. The zero-order valence-corrected chi connectivity index (χ0v) is 13.2. The van der Waals surface area contributed by atoms with Crippen LogP contribution in [-0.4, -0.2) is 29.5 Å². The van der Waals surface area contributed by atoms with Crippen molar-refractivity contribution in [2.45, 2.75) is 12.5 Å². The number of H-pyrrole nitrogens is 1. The number of nitriles is 1. The van der Waals surface area contributed by atoms with E-state index in [2.05, 4.69) is 16.3 Å². The zero-order valence-electron chi connectivity index (χ0n) is 13.2. The summed E-state index contributed by atoms with van der Waals surface area (Å²) in [6.07, 6.45) is 0. The molecule has 1 aromatic carbocycles. The number of hydrogen-bond donors (Lipinski definition) is 3. The van der Waals surface area contributed by atoms with Crippen molar-refractivity contribution < 1.29 is 19.3 Å². The summed E-state index contributed by atoms with van der Waals surface area (Å²) in [6.45, 7) is 0.274. The number of methoxy groups -OCH3 is 2. The van der Waals surface area contributed by atoms with Gasteiger partial charge in [-0.05, 0) is 17.7 Å². The van der Waals surface area contributed by atoms with Crippen molar-refractivity contribution in [1.82, 2.24) is 10.2 Å². The van der Waals surface area contributed by atoms with Gasteiger partial charge in [0.05, 0.1) is 30.9 Å². The Morgan fingerprint density at radius 2 is 2.25 bits per heavy atom. The van der Waals surface area contributed by atoms with Crippen LogP contribution < -0.4 is 15.2 Å². The maximum Gasteiger partial charge on any atom is 0.244 e. The minimum Gasteiger partial charge on any atom is -0.504 e. The number of allylic oxidation sites excluding steroid dienone is 1. The fourth-order valence-electron chi connectivity index (χ4n) is 2.77. The number of phenols is 1. The second-order valence-electron chi connectivity index (χ2n) is 5.21. The monoisotopic (exact) mass is 328 g/mol. The molecule has 0 aliphatic carbocycles. The number of nitrogens with zero attached hydrogens (tertiary/aromatic N) is 2. The summed E-state index contributed by atoms with van der Waals surface area (Å²) < 4.78 is 15.8. The molecule has 8 heteroatoms. The summed E-state index contributed by atoms with van der Waals surface area (Å²) in [5, 5.41) is 26.3. The van der Waals surface area contributed by atoms with Crippen LogP contribution in [0.2, 0.25) is 0 Å². The van der Waals surface area contributed by atoms with Gasteiger partial charge in [-0.1, -0.05) is 6.07 Å². The largest absolute Gasteiger partial charge is 0.504 e. The first-order valence-corrected chi connectivity index (χ1v) is 7.11. The highest BCUT2D eigenvalue weighted by molar-refractivity contribution is 5.57. The second kappa shape index (κ2) is 6.14. The molecule has 0 radical (unpaired) electrons. The topological polar surface area (TPSA) is 126 Å². The summed E-state index contributed by atoms with van der Waals surface area (Å²) in [7, 11) is 3.02. The van der Waals surface area contributed by atoms with Crippen LogP contribution in [0.15, 0.2) is 29.7 Å². The number of aromatic amines is 1. The number of ether oxygens (including phenoxy) is 3. The first-order chi connectivity index (χ1) is 11.6. The third-order valence-corrected chi connectivity index (χ3v) is 3.84. The van der Waals surface area contributed by atoms with E-state index < -0.39 is 5.92 Å². The van der Waals surface area contributed by atoms with Gasteiger partial charge in [-0.3, -0.25) is 5.10 Å². The van der Waals surface area contributed by atoms with Crippen molar-refractivity contribution in [3.63, 3.8) is 0 Å². The molecular weight excluding hydrogens is 312 g/mol. The summed E-state index contributed by atoms with van der Waals surface area (Å²) in [5.74, 6) is 0.103. The fourth-order valence-corrected chi connectivity index (χ4v) is 2.77. The molecule has 0 fully saturated rings. The first-order valence-electron chi connectivity index (χ1n) is 7.11. The smallest absolute Gasteiger partial charge is 0.244 e. The molecule has 124 valence electrons. The highest BCUT2D eigenvalue weighted by Crippen LogP contribution is 2.44. The van der Waals surface area contributed by atoms with E-state index in [4.69, 9.17) is 19.9 Å². The van der Waals surface area contributed by atoms with E-state index in [-0.39, 0.29) is 23.8 Å². The van der Waals surface area contributed by atoms with Crippen LogP contribution in [0.3, 0.4) is 0 Å². The van der Waals surface area contributed by atoms with E-state index in [1.165, 1.54) is 13.2 Å². The molecule has 2 aromatic rings. The number of benzene rings is 1. The van der Waals surface area contributed by atoms with Crippen LogP contribution in [-0.2, 0) is 11.3 Å². The molecule has 0 amide bonds. The Kier molecular flexibility index (Phi) is 4.02. The lowest BCUT2D eigenvalue weighted by molar-refractivity contribution is 0.180. The number of hydrogen-bond acceptors (Lipinski definition) is 7. The van der Waals surface area contributed by atoms with Crippen molar-refractivity contribution in [2.24, 2.45) is 5.73 Å². The van der Waals surface area contributed by atoms with Crippen LogP contribution in [0.5, 0.6) is 17.4 Å². The van der Waals surface area contributed by atoms with E-state index in [0.29, 0.717) is 28.5 Å². The van der Waals surface area contributed by atoms with Gasteiger partial charge in [-0.15, -0.1) is 5.10 Å². The van der Waals surface area contributed by atoms with Crippen molar-refractivity contribution in [3.8, 4) is 23.4 Å². The van der Waals surface area contributed by atoms with Crippen LogP contribution >= 0.6 is 0 Å². The number of nitrogens with one attached hydrogen (secondary N) is 1. The Morgan fingerprint density at radius 3 is 2.92 bits per heavy atom. The molecule has 0 bridgehead atoms. The molecule has 0 saturated heterocycles. The van der Waals surface area contributed by atoms with Crippen molar-refractivity contribution in [2.75, 3.05) is 14.2 Å². The van der Waals surface area contributed by atoms with Crippen LogP contribution in [0.4, 0.5) is 0 Å². The number of rotatable bonds is 4. The van der Waals surface area contributed by atoms with Gasteiger partial charge in [0, 0.05) is 7.11 Å². The van der Waals surface area contributed by atoms with Gasteiger partial charge < -0.3 is 25.1 Å². The molecule has 2 heterocycles. The molecule has 1 aliphatic heterocycles. The quantitative estimate of drug-likeness (QED) is 0.776. The molecule has 3 rings (SSSR count). The summed E-state index contributed by atoms with van der Waals surface area (Å²) in [4.78, 5) is 0. The average molecular weight is 328 g/mol. The highest BCUT2D eigenvalue weighted by atomic mass is 16.5. The van der Waals surface area contributed by atoms with E-state index >= 15 is 0 Å². The standard InChI is InChI=1S/C16H16N4O4/c1-22-7-10-14-13(8-3-4-11(21)12(5-8)23-2)9(6-17)15(18)24-16(14)20-19-10/h3-5,13,21H,7,18H2,1-2H3,(H,19,20). The molecule has 0 spiro atoms. The molecule has 4 N–H and O–H groups in total. The summed E-state index contributed by atoms with van der Waals surface area (Å²) >= 11 is 0. The lowest BCUT2D eigenvalue weighted by Crippen LogP contribution is -2.21. The summed E-state index contributed by atoms with van der Waals surface area (Å²) in [6, 6.07) is 6.96. The number of aromatic nitrogens is 2. The lowest BCUT2D eigenvalue weighted by atomic mass is 9.84. The van der Waals surface area contributed by atoms with E-state index in [9.17, 15) is 10.4 Å². The predicted molar refractivity (Wildman–Crippen MR) is 83.3 cm³/mol. The fraction of sp³-hybridized carbons (Fsp3) is 0.250. The van der Waals surface area contributed by atoms with E-state index in [0.717, 1.165) is 0 Å². The molecule has 1 aliphatic rings. The van der Waals surface area contributed by atoms with E-state index in [1.807, 2.05) is 0 Å². The van der Waals surface area contributed by atoms with Gasteiger partial charge in [-0.2, -0.15) is 5.26 Å². The third kappa shape index (κ3) is 2.41. The Hall–Kier alpha value is -3.18. The van der Waals surface area contributed by atoms with Crippen LogP contribution in [0.25, 0.3) is 0 Å². The molecular formula is C16H16N4O4.